The second-order valence-corrected chi connectivity index (χ2v) is 8.47. The lowest BCUT2D eigenvalue weighted by Gasteiger charge is -2.39. The summed E-state index contributed by atoms with van der Waals surface area (Å²) in [4.78, 5) is 20.3. The third-order valence-electron chi connectivity index (χ3n) is 6.22. The fourth-order valence-electron chi connectivity index (χ4n) is 4.53. The Kier molecular flexibility index (Phi) is 5.55. The average Bonchev–Trinajstić information content (AvgIpc) is 3.27. The van der Waals surface area contributed by atoms with Gasteiger partial charge in [-0.1, -0.05) is 24.2 Å². The van der Waals surface area contributed by atoms with Crippen LogP contribution in [-0.4, -0.2) is 62.6 Å². The number of nitrogens with zero attached hydrogens (tertiary/aromatic N) is 4. The lowest BCUT2D eigenvalue weighted by molar-refractivity contribution is -0.129. The Hall–Kier alpha value is -3.36. The van der Waals surface area contributed by atoms with Crippen LogP contribution in [0.3, 0.4) is 0 Å². The van der Waals surface area contributed by atoms with Crippen LogP contribution in [0.25, 0.3) is 16.8 Å². The Morgan fingerprint density at radius 1 is 1.36 bits per heavy atom. The summed E-state index contributed by atoms with van der Waals surface area (Å²) < 4.78 is 22.8. The molecule has 1 saturated heterocycles. The number of hydrogen-bond donors (Lipinski definition) is 1. The minimum atomic E-state index is -0.585. The van der Waals surface area contributed by atoms with Crippen LogP contribution in [0.15, 0.2) is 55.6 Å². The average molecular weight is 469 g/mol. The zero-order valence-electron chi connectivity index (χ0n) is 17.7. The van der Waals surface area contributed by atoms with Crippen LogP contribution in [-0.2, 0) is 11.3 Å². The van der Waals surface area contributed by atoms with Crippen molar-refractivity contribution in [2.75, 3.05) is 26.2 Å². The molecular formula is C24H22ClFN4O3. The zero-order chi connectivity index (χ0) is 23.1. The van der Waals surface area contributed by atoms with Gasteiger partial charge in [-0.05, 0) is 24.3 Å². The molecule has 1 N–H and O–H groups in total. The van der Waals surface area contributed by atoms with E-state index in [0.717, 1.165) is 11.3 Å². The molecule has 0 aliphatic carbocycles. The first-order valence-corrected chi connectivity index (χ1v) is 11.0. The molecule has 0 unspecified atom stereocenters. The van der Waals surface area contributed by atoms with E-state index in [2.05, 4.69) is 16.5 Å². The number of hydrogen-bond acceptors (Lipinski definition) is 5. The van der Waals surface area contributed by atoms with Crippen molar-refractivity contribution in [3.8, 4) is 28.3 Å². The summed E-state index contributed by atoms with van der Waals surface area (Å²) in [7, 11) is 0. The molecule has 1 amide bonds. The molecule has 2 aliphatic heterocycles. The number of phenolic OH excluding ortho intramolecular Hbond substituents is 1. The van der Waals surface area contributed by atoms with Gasteiger partial charge in [-0.15, -0.1) is 0 Å². The van der Waals surface area contributed by atoms with E-state index in [4.69, 9.17) is 16.3 Å². The van der Waals surface area contributed by atoms with Crippen LogP contribution in [0.5, 0.6) is 11.5 Å². The van der Waals surface area contributed by atoms with Gasteiger partial charge in [0.25, 0.3) is 0 Å². The highest BCUT2D eigenvalue weighted by Gasteiger charge is 2.35. The maximum Gasteiger partial charge on any atom is 0.246 e. The Labute approximate surface area is 195 Å². The van der Waals surface area contributed by atoms with E-state index >= 15 is 0 Å². The number of benzene rings is 2. The molecule has 3 heterocycles. The normalized spacial score (nSPS) is 18.1. The number of phenols is 1. The van der Waals surface area contributed by atoms with E-state index in [9.17, 15) is 14.3 Å². The van der Waals surface area contributed by atoms with E-state index in [1.165, 1.54) is 24.3 Å². The predicted molar refractivity (Wildman–Crippen MR) is 122 cm³/mol. The SMILES string of the molecule is C=CC(=O)N1CCN2Cc3c(-n4ccnc4)cc(-c4c(O)cccc4F)c(Cl)c3OC[C@H]2C1. The van der Waals surface area contributed by atoms with Gasteiger partial charge in [0.05, 0.1) is 28.6 Å². The summed E-state index contributed by atoms with van der Waals surface area (Å²) in [5, 5.41) is 10.6. The number of carbonyl (C=O) groups is 1. The molecule has 1 aromatic heterocycles. The lowest BCUT2D eigenvalue weighted by atomic mass is 9.99. The van der Waals surface area contributed by atoms with Crippen molar-refractivity contribution in [2.24, 2.45) is 0 Å². The first-order chi connectivity index (χ1) is 16.0. The largest absolute Gasteiger partial charge is 0.507 e. The van der Waals surface area contributed by atoms with Crippen LogP contribution >= 0.6 is 11.6 Å². The van der Waals surface area contributed by atoms with Crippen LogP contribution in [0, 0.1) is 5.82 Å². The number of fused-ring (bicyclic) bond motifs is 2. The molecule has 0 spiro atoms. The van der Waals surface area contributed by atoms with Gasteiger partial charge in [0, 0.05) is 49.7 Å². The van der Waals surface area contributed by atoms with E-state index < -0.39 is 5.82 Å². The summed E-state index contributed by atoms with van der Waals surface area (Å²) in [6.07, 6.45) is 6.42. The van der Waals surface area contributed by atoms with Gasteiger partial charge >= 0.3 is 0 Å². The Balaban J connectivity index is 1.63. The smallest absolute Gasteiger partial charge is 0.246 e. The quantitative estimate of drug-likeness (QED) is 0.594. The summed E-state index contributed by atoms with van der Waals surface area (Å²) in [6, 6.07) is 5.85. The van der Waals surface area contributed by atoms with Crippen molar-refractivity contribution in [3.63, 3.8) is 0 Å². The molecular weight excluding hydrogens is 447 g/mol. The van der Waals surface area contributed by atoms with E-state index in [0.29, 0.717) is 44.1 Å². The lowest BCUT2D eigenvalue weighted by Crippen LogP contribution is -2.55. The number of halogens is 2. The number of amides is 1. The van der Waals surface area contributed by atoms with Gasteiger partial charge in [-0.3, -0.25) is 9.69 Å². The van der Waals surface area contributed by atoms with Crippen LogP contribution in [0.1, 0.15) is 5.56 Å². The molecule has 0 saturated carbocycles. The van der Waals surface area contributed by atoms with Crippen molar-refractivity contribution in [3.05, 3.63) is 72.0 Å². The Morgan fingerprint density at radius 3 is 2.94 bits per heavy atom. The van der Waals surface area contributed by atoms with Gasteiger partial charge in [-0.2, -0.15) is 0 Å². The van der Waals surface area contributed by atoms with Crippen LogP contribution in [0.2, 0.25) is 5.02 Å². The van der Waals surface area contributed by atoms with Crippen molar-refractivity contribution in [1.82, 2.24) is 19.4 Å². The fourth-order valence-corrected chi connectivity index (χ4v) is 4.84. The first kappa shape index (κ1) is 21.5. The third kappa shape index (κ3) is 3.75. The standard InChI is InChI=1S/C24H22ClFN4O3/c1-2-21(32)29-9-8-28-12-17-19(30-7-6-27-14-30)10-16(22-18(26)4-3-5-20(22)31)23(25)24(17)33-13-15(28)11-29/h2-7,10,14-15,31H,1,8-9,11-13H2/t15-/m1/s1. The maximum atomic E-state index is 14.8. The molecule has 2 aromatic carbocycles. The van der Waals surface area contributed by atoms with Gasteiger partial charge < -0.3 is 19.3 Å². The molecule has 2 aliphatic rings. The highest BCUT2D eigenvalue weighted by atomic mass is 35.5. The molecule has 3 aromatic rings. The Morgan fingerprint density at radius 2 is 2.21 bits per heavy atom. The molecule has 1 fully saturated rings. The fraction of sp³-hybridized carbons (Fsp3) is 0.250. The number of aromatic nitrogens is 2. The maximum absolute atomic E-state index is 14.8. The van der Waals surface area contributed by atoms with Crippen molar-refractivity contribution >= 4 is 17.5 Å². The number of piperazine rings is 1. The van der Waals surface area contributed by atoms with Gasteiger partial charge in [0.2, 0.25) is 5.91 Å². The summed E-state index contributed by atoms with van der Waals surface area (Å²) >= 11 is 6.79. The van der Waals surface area contributed by atoms with Crippen LogP contribution < -0.4 is 4.74 Å². The van der Waals surface area contributed by atoms with Gasteiger partial charge in [-0.25, -0.2) is 9.37 Å². The highest BCUT2D eigenvalue weighted by Crippen LogP contribution is 2.46. The molecule has 0 radical (unpaired) electrons. The topological polar surface area (TPSA) is 70.8 Å². The van der Waals surface area contributed by atoms with Crippen molar-refractivity contribution in [1.29, 1.82) is 0 Å². The summed E-state index contributed by atoms with van der Waals surface area (Å²) in [5.74, 6) is -0.460. The first-order valence-electron chi connectivity index (χ1n) is 10.6. The minimum absolute atomic E-state index is 0.0139. The summed E-state index contributed by atoms with van der Waals surface area (Å²) in [5.41, 5.74) is 1.91. The number of rotatable bonds is 3. The minimum Gasteiger partial charge on any atom is -0.507 e. The third-order valence-corrected chi connectivity index (χ3v) is 6.59. The van der Waals surface area contributed by atoms with Crippen molar-refractivity contribution < 1.29 is 19.0 Å². The number of aromatic hydroxyl groups is 1. The molecule has 5 rings (SSSR count). The number of imidazole rings is 1. The molecule has 0 bridgehead atoms. The van der Waals surface area contributed by atoms with Gasteiger partial charge in [0.15, 0.2) is 0 Å². The molecule has 170 valence electrons. The monoisotopic (exact) mass is 468 g/mol. The Bertz CT molecular complexity index is 1210. The second-order valence-electron chi connectivity index (χ2n) is 8.09. The molecule has 33 heavy (non-hydrogen) atoms. The zero-order valence-corrected chi connectivity index (χ0v) is 18.5. The molecule has 7 nitrogen and oxygen atoms in total. The number of ether oxygens (including phenoxy) is 1. The van der Waals surface area contributed by atoms with E-state index in [1.54, 1.807) is 29.7 Å². The molecule has 9 heteroatoms. The second kappa shape index (κ2) is 8.53. The van der Waals surface area contributed by atoms with Gasteiger partial charge in [0.1, 0.15) is 23.9 Å². The highest BCUT2D eigenvalue weighted by molar-refractivity contribution is 6.35. The van der Waals surface area contributed by atoms with E-state index in [1.807, 2.05) is 4.57 Å². The van der Waals surface area contributed by atoms with Crippen LogP contribution in [0.4, 0.5) is 4.39 Å². The number of carbonyl (C=O) groups excluding carboxylic acids is 1. The summed E-state index contributed by atoms with van der Waals surface area (Å²) in [6.45, 7) is 6.20. The van der Waals surface area contributed by atoms with E-state index in [-0.39, 0.29) is 28.3 Å². The molecule has 1 atom stereocenters. The van der Waals surface area contributed by atoms with Crippen molar-refractivity contribution in [2.45, 2.75) is 12.6 Å². The predicted octanol–water partition coefficient (Wildman–Crippen LogP) is 3.63.